The molecule has 0 aliphatic carbocycles. The van der Waals surface area contributed by atoms with Gasteiger partial charge in [0, 0.05) is 35.8 Å². The van der Waals surface area contributed by atoms with Crippen molar-refractivity contribution in [3.05, 3.63) is 17.5 Å². The van der Waals surface area contributed by atoms with Gasteiger partial charge in [-0.2, -0.15) is 5.10 Å². The van der Waals surface area contributed by atoms with Crippen molar-refractivity contribution in [1.82, 2.24) is 20.4 Å². The first kappa shape index (κ1) is 14.5. The lowest BCUT2D eigenvalue weighted by Gasteiger charge is -2.23. The van der Waals surface area contributed by atoms with E-state index in [-0.39, 0.29) is 5.41 Å². The van der Waals surface area contributed by atoms with E-state index in [1.165, 1.54) is 37.2 Å². The molecule has 0 radical (unpaired) electrons. The number of rotatable bonds is 5. The molecule has 0 bridgehead atoms. The highest BCUT2D eigenvalue weighted by atomic mass is 15.2. The van der Waals surface area contributed by atoms with Crippen LogP contribution in [0.15, 0.2) is 6.20 Å². The normalized spacial score (nSPS) is 21.2. The van der Waals surface area contributed by atoms with E-state index >= 15 is 0 Å². The molecular weight excluding hydrogens is 236 g/mol. The minimum atomic E-state index is 0.135. The number of nitrogens with one attached hydrogen (secondary N) is 2. The van der Waals surface area contributed by atoms with Gasteiger partial charge in [0.15, 0.2) is 0 Å². The summed E-state index contributed by atoms with van der Waals surface area (Å²) in [6.45, 7) is 13.4. The number of hydrogen-bond donors (Lipinski definition) is 2. The maximum Gasteiger partial charge on any atom is 0.0535 e. The maximum atomic E-state index is 4.19. The fourth-order valence-corrected chi connectivity index (χ4v) is 3.01. The molecule has 1 atom stereocenters. The van der Waals surface area contributed by atoms with Crippen LogP contribution in [0.25, 0.3) is 0 Å². The van der Waals surface area contributed by atoms with Gasteiger partial charge in [-0.25, -0.2) is 0 Å². The Bertz CT molecular complexity index is 391. The molecule has 0 aromatic carbocycles. The Kier molecular flexibility index (Phi) is 4.63. The van der Waals surface area contributed by atoms with Crippen molar-refractivity contribution < 1.29 is 0 Å². The van der Waals surface area contributed by atoms with Gasteiger partial charge in [-0.1, -0.05) is 27.7 Å². The fraction of sp³-hybridized carbons (Fsp3) is 0.800. The van der Waals surface area contributed by atoms with E-state index in [2.05, 4.69) is 48.1 Å². The molecule has 1 fully saturated rings. The van der Waals surface area contributed by atoms with Gasteiger partial charge in [0.05, 0.1) is 6.20 Å². The molecule has 1 aliphatic heterocycles. The van der Waals surface area contributed by atoms with Gasteiger partial charge in [0.2, 0.25) is 0 Å². The van der Waals surface area contributed by atoms with Crippen molar-refractivity contribution in [3.63, 3.8) is 0 Å². The molecule has 4 nitrogen and oxygen atoms in total. The number of hydrogen-bond acceptors (Lipinski definition) is 3. The monoisotopic (exact) mass is 264 g/mol. The first-order valence-corrected chi connectivity index (χ1v) is 7.50. The summed E-state index contributed by atoms with van der Waals surface area (Å²) in [5, 5.41) is 10.9. The lowest BCUT2D eigenvalue weighted by Crippen LogP contribution is -2.37. The molecule has 2 heterocycles. The summed E-state index contributed by atoms with van der Waals surface area (Å²) in [7, 11) is 0. The first-order valence-electron chi connectivity index (χ1n) is 7.50. The van der Waals surface area contributed by atoms with Gasteiger partial charge in [-0.05, 0) is 25.9 Å². The minimum Gasteiger partial charge on any atom is -0.311 e. The fourth-order valence-electron chi connectivity index (χ4n) is 3.01. The topological polar surface area (TPSA) is 44.0 Å². The van der Waals surface area contributed by atoms with Crippen molar-refractivity contribution in [2.24, 2.45) is 0 Å². The van der Waals surface area contributed by atoms with Crippen LogP contribution in [-0.2, 0) is 12.0 Å². The molecule has 2 N–H and O–H groups in total. The van der Waals surface area contributed by atoms with E-state index < -0.39 is 0 Å². The Morgan fingerprint density at radius 3 is 2.95 bits per heavy atom. The molecule has 0 saturated carbocycles. The third-order valence-corrected chi connectivity index (χ3v) is 4.07. The standard InChI is InChI=1S/C15H28N4/c1-5-19-8-6-7-13(19)11-16-9-12-10-17-18-14(12)15(2,3)4/h10,13,16H,5-9,11H2,1-4H3,(H,17,18)/t13-/m0/s1. The zero-order valence-electron chi connectivity index (χ0n) is 12.8. The molecule has 1 saturated heterocycles. The third-order valence-electron chi connectivity index (χ3n) is 4.07. The molecule has 108 valence electrons. The maximum absolute atomic E-state index is 4.19. The van der Waals surface area contributed by atoms with Crippen LogP contribution in [0, 0.1) is 0 Å². The zero-order chi connectivity index (χ0) is 13.9. The second-order valence-corrected chi connectivity index (χ2v) is 6.58. The Labute approximate surface area is 117 Å². The van der Waals surface area contributed by atoms with Crippen LogP contribution in [0.5, 0.6) is 0 Å². The van der Waals surface area contributed by atoms with E-state index in [9.17, 15) is 0 Å². The summed E-state index contributed by atoms with van der Waals surface area (Å²) < 4.78 is 0. The predicted molar refractivity (Wildman–Crippen MR) is 79.3 cm³/mol. The lowest BCUT2D eigenvalue weighted by molar-refractivity contribution is 0.260. The smallest absolute Gasteiger partial charge is 0.0535 e. The van der Waals surface area contributed by atoms with Gasteiger partial charge < -0.3 is 5.32 Å². The van der Waals surface area contributed by atoms with Crippen LogP contribution < -0.4 is 5.32 Å². The summed E-state index contributed by atoms with van der Waals surface area (Å²) in [5.41, 5.74) is 2.68. The second-order valence-electron chi connectivity index (χ2n) is 6.58. The van der Waals surface area contributed by atoms with Crippen LogP contribution in [0.2, 0.25) is 0 Å². The molecule has 0 unspecified atom stereocenters. The van der Waals surface area contributed by atoms with Crippen molar-refractivity contribution in [2.45, 2.75) is 58.5 Å². The minimum absolute atomic E-state index is 0.135. The van der Waals surface area contributed by atoms with Crippen LogP contribution >= 0.6 is 0 Å². The molecular formula is C15H28N4. The Morgan fingerprint density at radius 2 is 2.26 bits per heavy atom. The highest BCUT2D eigenvalue weighted by molar-refractivity contribution is 5.23. The van der Waals surface area contributed by atoms with Gasteiger partial charge in [-0.15, -0.1) is 0 Å². The Hall–Kier alpha value is -0.870. The van der Waals surface area contributed by atoms with Crippen molar-refractivity contribution >= 4 is 0 Å². The van der Waals surface area contributed by atoms with E-state index in [1.54, 1.807) is 0 Å². The number of nitrogens with zero attached hydrogens (tertiary/aromatic N) is 2. The van der Waals surface area contributed by atoms with E-state index in [1.807, 2.05) is 6.20 Å². The zero-order valence-corrected chi connectivity index (χ0v) is 12.8. The molecule has 4 heteroatoms. The Morgan fingerprint density at radius 1 is 1.47 bits per heavy atom. The molecule has 1 aromatic heterocycles. The third kappa shape index (κ3) is 3.57. The van der Waals surface area contributed by atoms with Crippen molar-refractivity contribution in [1.29, 1.82) is 0 Å². The van der Waals surface area contributed by atoms with Gasteiger partial charge in [0.1, 0.15) is 0 Å². The highest BCUT2D eigenvalue weighted by Crippen LogP contribution is 2.23. The average Bonchev–Trinajstić information content (AvgIpc) is 2.96. The molecule has 2 rings (SSSR count). The Balaban J connectivity index is 1.85. The molecule has 19 heavy (non-hydrogen) atoms. The summed E-state index contributed by atoms with van der Waals surface area (Å²) in [6, 6.07) is 0.718. The second kappa shape index (κ2) is 6.06. The number of likely N-dealkylation sites (tertiary alicyclic amines) is 1. The summed E-state index contributed by atoms with van der Waals surface area (Å²) in [6.07, 6.45) is 4.64. The lowest BCUT2D eigenvalue weighted by atomic mass is 9.89. The van der Waals surface area contributed by atoms with Crippen LogP contribution in [0.1, 0.15) is 51.8 Å². The van der Waals surface area contributed by atoms with Gasteiger partial charge in [0.25, 0.3) is 0 Å². The highest BCUT2D eigenvalue weighted by Gasteiger charge is 2.23. The summed E-state index contributed by atoms with van der Waals surface area (Å²) in [4.78, 5) is 2.58. The number of likely N-dealkylation sites (N-methyl/N-ethyl adjacent to an activating group) is 1. The predicted octanol–water partition coefficient (Wildman–Crippen LogP) is 2.28. The van der Waals surface area contributed by atoms with Crippen molar-refractivity contribution in [2.75, 3.05) is 19.6 Å². The summed E-state index contributed by atoms with van der Waals surface area (Å²) in [5.74, 6) is 0. The van der Waals surface area contributed by atoms with Gasteiger partial charge >= 0.3 is 0 Å². The molecule has 0 spiro atoms. The first-order chi connectivity index (χ1) is 9.02. The quantitative estimate of drug-likeness (QED) is 0.857. The number of H-pyrrole nitrogens is 1. The molecule has 1 aromatic rings. The number of aromatic amines is 1. The van der Waals surface area contributed by atoms with E-state index in [0.717, 1.165) is 19.1 Å². The number of aromatic nitrogens is 2. The van der Waals surface area contributed by atoms with Crippen molar-refractivity contribution in [3.8, 4) is 0 Å². The van der Waals surface area contributed by atoms with Crippen LogP contribution in [-0.4, -0.2) is 40.8 Å². The van der Waals surface area contributed by atoms with E-state index in [0.29, 0.717) is 0 Å². The average molecular weight is 264 g/mol. The van der Waals surface area contributed by atoms with Crippen LogP contribution in [0.3, 0.4) is 0 Å². The van der Waals surface area contributed by atoms with Gasteiger partial charge in [-0.3, -0.25) is 10.00 Å². The molecule has 0 amide bonds. The van der Waals surface area contributed by atoms with E-state index in [4.69, 9.17) is 0 Å². The SMILES string of the molecule is CCN1CCC[C@H]1CNCc1cn[nH]c1C(C)(C)C. The molecule has 1 aliphatic rings. The van der Waals surface area contributed by atoms with Crippen LogP contribution in [0.4, 0.5) is 0 Å². The largest absolute Gasteiger partial charge is 0.311 e. The summed E-state index contributed by atoms with van der Waals surface area (Å²) >= 11 is 0.